The molecule has 1 aromatic carbocycles. The number of hydrogen-bond donors (Lipinski definition) is 2. The fraction of sp³-hybridized carbons (Fsp3) is 0.500. The van der Waals surface area contributed by atoms with Crippen molar-refractivity contribution in [2.45, 2.75) is 12.8 Å². The predicted octanol–water partition coefficient (Wildman–Crippen LogP) is 1.91. The topological polar surface area (TPSA) is 110 Å². The van der Waals surface area contributed by atoms with E-state index in [0.29, 0.717) is 18.2 Å². The second kappa shape index (κ2) is 6.29. The first-order valence-electron chi connectivity index (χ1n) is 6.45. The minimum absolute atomic E-state index is 0.261. The van der Waals surface area contributed by atoms with E-state index in [0.717, 1.165) is 32.0 Å². The van der Waals surface area contributed by atoms with Gasteiger partial charge < -0.3 is 10.6 Å². The normalized spacial score (nSPS) is 18.5. The van der Waals surface area contributed by atoms with Crippen LogP contribution in [0.25, 0.3) is 0 Å². The van der Waals surface area contributed by atoms with Gasteiger partial charge in [0.1, 0.15) is 5.69 Å². The number of nitrogens with one attached hydrogen (secondary N) is 2. The molecule has 8 heteroatoms. The van der Waals surface area contributed by atoms with Crippen LogP contribution >= 0.6 is 0 Å². The summed E-state index contributed by atoms with van der Waals surface area (Å²) in [6.07, 6.45) is 2.16. The van der Waals surface area contributed by atoms with Gasteiger partial charge in [-0.25, -0.2) is 0 Å². The molecule has 1 aromatic rings. The lowest BCUT2D eigenvalue weighted by Gasteiger charge is -2.23. The van der Waals surface area contributed by atoms with Crippen molar-refractivity contribution in [2.75, 3.05) is 25.0 Å². The van der Waals surface area contributed by atoms with Crippen LogP contribution in [-0.2, 0) is 0 Å². The minimum Gasteiger partial charge on any atom is -0.379 e. The number of benzene rings is 1. The maximum Gasteiger partial charge on any atom is 0.299 e. The number of nitrogens with zero attached hydrogens (tertiary/aromatic N) is 2. The predicted molar refractivity (Wildman–Crippen MR) is 73.8 cm³/mol. The summed E-state index contributed by atoms with van der Waals surface area (Å²) < 4.78 is 0. The van der Waals surface area contributed by atoms with Crippen molar-refractivity contribution in [3.05, 3.63) is 38.4 Å². The standard InChI is InChI=1S/C12H16N4O4/c17-15(18)10-3-4-11(12(6-10)16(19)20)14-8-9-2-1-5-13-7-9/h3-4,6,9,13-14H,1-2,5,7-8H2. The van der Waals surface area contributed by atoms with Gasteiger partial charge in [-0.15, -0.1) is 0 Å². The number of anilines is 1. The number of piperidine rings is 1. The van der Waals surface area contributed by atoms with E-state index in [9.17, 15) is 20.2 Å². The van der Waals surface area contributed by atoms with Crippen molar-refractivity contribution in [2.24, 2.45) is 5.92 Å². The van der Waals surface area contributed by atoms with E-state index in [4.69, 9.17) is 0 Å². The Morgan fingerprint density at radius 1 is 1.30 bits per heavy atom. The second-order valence-electron chi connectivity index (χ2n) is 4.81. The number of non-ortho nitro benzene ring substituents is 1. The average molecular weight is 280 g/mol. The van der Waals surface area contributed by atoms with Gasteiger partial charge in [0.2, 0.25) is 0 Å². The van der Waals surface area contributed by atoms with Crippen LogP contribution in [-0.4, -0.2) is 29.5 Å². The quantitative estimate of drug-likeness (QED) is 0.629. The third kappa shape index (κ3) is 3.41. The third-order valence-corrected chi connectivity index (χ3v) is 3.37. The molecular formula is C12H16N4O4. The monoisotopic (exact) mass is 280 g/mol. The highest BCUT2D eigenvalue weighted by Crippen LogP contribution is 2.29. The van der Waals surface area contributed by atoms with Gasteiger partial charge in [0, 0.05) is 12.6 Å². The summed E-state index contributed by atoms with van der Waals surface area (Å²) in [5.74, 6) is 0.415. The molecule has 1 fully saturated rings. The Balaban J connectivity index is 2.09. The van der Waals surface area contributed by atoms with Gasteiger partial charge in [0.05, 0.1) is 15.9 Å². The first kappa shape index (κ1) is 14.2. The van der Waals surface area contributed by atoms with E-state index in [1.165, 1.54) is 12.1 Å². The molecule has 0 saturated carbocycles. The highest BCUT2D eigenvalue weighted by atomic mass is 16.6. The Morgan fingerprint density at radius 3 is 2.70 bits per heavy atom. The van der Waals surface area contributed by atoms with Gasteiger partial charge in [-0.05, 0) is 37.9 Å². The lowest BCUT2D eigenvalue weighted by Crippen LogP contribution is -2.33. The summed E-state index contributed by atoms with van der Waals surface area (Å²) in [7, 11) is 0. The number of rotatable bonds is 5. The van der Waals surface area contributed by atoms with E-state index in [1.54, 1.807) is 0 Å². The van der Waals surface area contributed by atoms with E-state index in [2.05, 4.69) is 10.6 Å². The molecule has 1 atom stereocenters. The summed E-state index contributed by atoms with van der Waals surface area (Å²) in [6, 6.07) is 3.66. The molecule has 2 rings (SSSR count). The maximum absolute atomic E-state index is 11.0. The smallest absolute Gasteiger partial charge is 0.299 e. The summed E-state index contributed by atoms with van der Waals surface area (Å²) in [5, 5.41) is 27.9. The number of hydrogen-bond acceptors (Lipinski definition) is 6. The Labute approximate surface area is 115 Å². The Morgan fingerprint density at radius 2 is 2.10 bits per heavy atom. The molecule has 8 nitrogen and oxygen atoms in total. The van der Waals surface area contributed by atoms with Crippen LogP contribution in [0.3, 0.4) is 0 Å². The molecule has 0 spiro atoms. The van der Waals surface area contributed by atoms with Gasteiger partial charge in [-0.1, -0.05) is 0 Å². The first-order chi connectivity index (χ1) is 9.58. The largest absolute Gasteiger partial charge is 0.379 e. The maximum atomic E-state index is 11.0. The molecule has 1 aliphatic heterocycles. The molecule has 0 bridgehead atoms. The zero-order valence-electron chi connectivity index (χ0n) is 10.9. The first-order valence-corrected chi connectivity index (χ1v) is 6.45. The highest BCUT2D eigenvalue weighted by molar-refractivity contribution is 5.65. The molecular weight excluding hydrogens is 264 g/mol. The summed E-state index contributed by atoms with van der Waals surface area (Å²) >= 11 is 0. The molecule has 1 saturated heterocycles. The van der Waals surface area contributed by atoms with Crippen LogP contribution < -0.4 is 10.6 Å². The van der Waals surface area contributed by atoms with E-state index in [1.807, 2.05) is 0 Å². The van der Waals surface area contributed by atoms with Crippen LogP contribution in [0.2, 0.25) is 0 Å². The molecule has 0 aromatic heterocycles. The van der Waals surface area contributed by atoms with Gasteiger partial charge in [-0.3, -0.25) is 20.2 Å². The molecule has 20 heavy (non-hydrogen) atoms. The fourth-order valence-electron chi connectivity index (χ4n) is 2.29. The molecule has 0 aliphatic carbocycles. The zero-order valence-corrected chi connectivity index (χ0v) is 10.9. The third-order valence-electron chi connectivity index (χ3n) is 3.37. The molecule has 1 aliphatic rings. The van der Waals surface area contributed by atoms with E-state index >= 15 is 0 Å². The SMILES string of the molecule is O=[N+]([O-])c1ccc(NCC2CCCNC2)c([N+](=O)[O-])c1. The average Bonchev–Trinajstić information content (AvgIpc) is 2.45. The van der Waals surface area contributed by atoms with Gasteiger partial charge in [0.25, 0.3) is 11.4 Å². The van der Waals surface area contributed by atoms with Gasteiger partial charge in [-0.2, -0.15) is 0 Å². The van der Waals surface area contributed by atoms with Crippen molar-refractivity contribution in [3.63, 3.8) is 0 Å². The van der Waals surface area contributed by atoms with Crippen molar-refractivity contribution in [1.82, 2.24) is 5.32 Å². The van der Waals surface area contributed by atoms with Crippen LogP contribution in [0.4, 0.5) is 17.1 Å². The fourth-order valence-corrected chi connectivity index (χ4v) is 2.29. The van der Waals surface area contributed by atoms with Crippen molar-refractivity contribution in [1.29, 1.82) is 0 Å². The van der Waals surface area contributed by atoms with Crippen molar-refractivity contribution >= 4 is 17.1 Å². The molecule has 0 radical (unpaired) electrons. The van der Waals surface area contributed by atoms with E-state index in [-0.39, 0.29) is 11.4 Å². The minimum atomic E-state index is -0.637. The van der Waals surface area contributed by atoms with Crippen molar-refractivity contribution < 1.29 is 9.85 Å². The lowest BCUT2D eigenvalue weighted by molar-refractivity contribution is -0.393. The second-order valence-corrected chi connectivity index (χ2v) is 4.81. The van der Waals surface area contributed by atoms with Crippen LogP contribution in [0.15, 0.2) is 18.2 Å². The zero-order chi connectivity index (χ0) is 14.5. The summed E-state index contributed by atoms with van der Waals surface area (Å²) in [6.45, 7) is 2.51. The van der Waals surface area contributed by atoms with E-state index < -0.39 is 9.85 Å². The summed E-state index contributed by atoms with van der Waals surface area (Å²) in [5.41, 5.74) is -0.212. The summed E-state index contributed by atoms with van der Waals surface area (Å²) in [4.78, 5) is 20.4. The van der Waals surface area contributed by atoms with Gasteiger partial charge in [0.15, 0.2) is 0 Å². The Hall–Kier alpha value is -2.22. The number of nitro benzene ring substituents is 2. The highest BCUT2D eigenvalue weighted by Gasteiger charge is 2.20. The van der Waals surface area contributed by atoms with Crippen LogP contribution in [0.5, 0.6) is 0 Å². The van der Waals surface area contributed by atoms with Crippen LogP contribution in [0.1, 0.15) is 12.8 Å². The molecule has 108 valence electrons. The molecule has 1 unspecified atom stereocenters. The number of nitro groups is 2. The molecule has 2 N–H and O–H groups in total. The Bertz CT molecular complexity index is 514. The molecule has 0 amide bonds. The Kier molecular flexibility index (Phi) is 4.46. The molecule has 1 heterocycles. The van der Waals surface area contributed by atoms with Gasteiger partial charge >= 0.3 is 0 Å². The van der Waals surface area contributed by atoms with Crippen molar-refractivity contribution in [3.8, 4) is 0 Å². The van der Waals surface area contributed by atoms with Crippen LogP contribution in [0, 0.1) is 26.1 Å². The lowest BCUT2D eigenvalue weighted by atomic mass is 9.99.